The van der Waals surface area contributed by atoms with Crippen molar-refractivity contribution in [3.8, 4) is 0 Å². The summed E-state index contributed by atoms with van der Waals surface area (Å²) in [6.07, 6.45) is 4.61. The number of amides is 1. The number of hydrogen-bond acceptors (Lipinski definition) is 4. The maximum Gasteiger partial charge on any atom is 0.227 e. The molecule has 1 saturated carbocycles. The fraction of sp³-hybridized carbons (Fsp3) is 0.533. The van der Waals surface area contributed by atoms with Crippen LogP contribution in [0.5, 0.6) is 0 Å². The van der Waals surface area contributed by atoms with Crippen LogP contribution in [-0.2, 0) is 14.6 Å². The van der Waals surface area contributed by atoms with Gasteiger partial charge in [0.15, 0.2) is 9.84 Å². The summed E-state index contributed by atoms with van der Waals surface area (Å²) < 4.78 is 23.2. The molecule has 0 radical (unpaired) electrons. The summed E-state index contributed by atoms with van der Waals surface area (Å²) in [5.41, 5.74) is 7.31. The van der Waals surface area contributed by atoms with Gasteiger partial charge in [-0.3, -0.25) is 4.79 Å². The van der Waals surface area contributed by atoms with Crippen LogP contribution in [0.25, 0.3) is 0 Å². The van der Waals surface area contributed by atoms with Gasteiger partial charge < -0.3 is 11.1 Å². The van der Waals surface area contributed by atoms with Gasteiger partial charge in [0.25, 0.3) is 0 Å². The normalized spacial score (nSPS) is 22.8. The number of carbonyl (C=O) groups is 1. The maximum atomic E-state index is 12.3. The number of sulfone groups is 1. The number of hydrogen-bond donors (Lipinski definition) is 2. The van der Waals surface area contributed by atoms with Crippen LogP contribution in [0.15, 0.2) is 23.1 Å². The van der Waals surface area contributed by atoms with Crippen molar-refractivity contribution in [3.05, 3.63) is 23.8 Å². The number of aryl methyl sites for hydroxylation is 1. The largest absolute Gasteiger partial charge is 0.328 e. The summed E-state index contributed by atoms with van der Waals surface area (Å²) in [5, 5.41) is 2.85. The molecule has 5 nitrogen and oxygen atoms in total. The average molecular weight is 310 g/mol. The molecule has 0 saturated heterocycles. The van der Waals surface area contributed by atoms with Gasteiger partial charge in [0.05, 0.1) is 4.90 Å². The van der Waals surface area contributed by atoms with Gasteiger partial charge in [-0.25, -0.2) is 8.42 Å². The summed E-state index contributed by atoms with van der Waals surface area (Å²) in [7, 11) is -3.28. The van der Waals surface area contributed by atoms with E-state index in [0.29, 0.717) is 12.1 Å². The van der Waals surface area contributed by atoms with E-state index in [0.717, 1.165) is 31.1 Å². The van der Waals surface area contributed by atoms with Crippen LogP contribution in [0.4, 0.5) is 5.69 Å². The highest BCUT2D eigenvalue weighted by atomic mass is 32.2. The van der Waals surface area contributed by atoms with E-state index in [1.165, 1.54) is 6.07 Å². The molecular weight excluding hydrogens is 288 g/mol. The van der Waals surface area contributed by atoms with Gasteiger partial charge in [-0.05, 0) is 43.9 Å². The highest BCUT2D eigenvalue weighted by Gasteiger charge is 2.25. The number of nitrogens with two attached hydrogens (primary N) is 1. The summed E-state index contributed by atoms with van der Waals surface area (Å²) in [5.74, 6) is -0.158. The van der Waals surface area contributed by atoms with Crippen molar-refractivity contribution < 1.29 is 13.2 Å². The summed E-state index contributed by atoms with van der Waals surface area (Å²) in [4.78, 5) is 12.5. The lowest BCUT2D eigenvalue weighted by molar-refractivity contribution is -0.120. The Morgan fingerprint density at radius 1 is 1.33 bits per heavy atom. The van der Waals surface area contributed by atoms with Gasteiger partial charge in [0, 0.05) is 23.9 Å². The van der Waals surface area contributed by atoms with E-state index < -0.39 is 9.84 Å². The summed E-state index contributed by atoms with van der Waals surface area (Å²) in [6, 6.07) is 4.86. The van der Waals surface area contributed by atoms with Crippen LogP contribution < -0.4 is 11.1 Å². The van der Waals surface area contributed by atoms with Gasteiger partial charge in [0.2, 0.25) is 5.91 Å². The molecule has 6 heteroatoms. The molecule has 2 rings (SSSR count). The third-order valence-corrected chi connectivity index (χ3v) is 5.09. The van der Waals surface area contributed by atoms with E-state index in [1.807, 2.05) is 6.92 Å². The highest BCUT2D eigenvalue weighted by molar-refractivity contribution is 7.90. The van der Waals surface area contributed by atoms with E-state index in [2.05, 4.69) is 5.32 Å². The Labute approximate surface area is 125 Å². The van der Waals surface area contributed by atoms with Crippen molar-refractivity contribution in [2.45, 2.75) is 43.5 Å². The number of carbonyl (C=O) groups excluding carboxylic acids is 1. The lowest BCUT2D eigenvalue weighted by atomic mass is 9.85. The fourth-order valence-corrected chi connectivity index (χ4v) is 3.31. The molecule has 0 spiro atoms. The molecule has 0 aliphatic heterocycles. The maximum absolute atomic E-state index is 12.3. The molecule has 1 aromatic rings. The number of nitrogens with one attached hydrogen (secondary N) is 1. The minimum absolute atomic E-state index is 0.0705. The number of anilines is 1. The molecule has 1 aliphatic rings. The molecule has 3 N–H and O–H groups in total. The summed E-state index contributed by atoms with van der Waals surface area (Å²) in [6.45, 7) is 1.84. The Hall–Kier alpha value is -1.40. The van der Waals surface area contributed by atoms with Gasteiger partial charge in [-0.2, -0.15) is 0 Å². The average Bonchev–Trinajstić information content (AvgIpc) is 2.40. The van der Waals surface area contributed by atoms with Crippen molar-refractivity contribution in [3.63, 3.8) is 0 Å². The van der Waals surface area contributed by atoms with Gasteiger partial charge in [0.1, 0.15) is 0 Å². The first-order chi connectivity index (χ1) is 9.77. The predicted molar refractivity (Wildman–Crippen MR) is 82.9 cm³/mol. The first-order valence-electron chi connectivity index (χ1n) is 7.14. The molecule has 116 valence electrons. The van der Waals surface area contributed by atoms with E-state index in [9.17, 15) is 13.2 Å². The molecular formula is C15H22N2O3S. The molecule has 1 aromatic carbocycles. The lowest BCUT2D eigenvalue weighted by Crippen LogP contribution is -2.34. The van der Waals surface area contributed by atoms with E-state index >= 15 is 0 Å². The first-order valence-corrected chi connectivity index (χ1v) is 9.03. The molecule has 0 bridgehead atoms. The smallest absolute Gasteiger partial charge is 0.227 e. The third-order valence-electron chi connectivity index (χ3n) is 3.98. The quantitative estimate of drug-likeness (QED) is 0.891. The first kappa shape index (κ1) is 16.0. The standard InChI is InChI=1S/C15H22N2O3S/c1-10-6-7-13(21(2,19)20)9-14(10)17-15(18)11-4-3-5-12(16)8-11/h6-7,9,11-12H,3-5,8,16H2,1-2H3,(H,17,18). The molecule has 21 heavy (non-hydrogen) atoms. The lowest BCUT2D eigenvalue weighted by Gasteiger charge is -2.26. The van der Waals surface area contributed by atoms with Crippen LogP contribution in [0, 0.1) is 12.8 Å². The Balaban J connectivity index is 2.17. The Kier molecular flexibility index (Phi) is 4.68. The molecule has 2 unspecified atom stereocenters. The van der Waals surface area contributed by atoms with E-state index in [-0.39, 0.29) is 22.8 Å². The topological polar surface area (TPSA) is 89.3 Å². The minimum Gasteiger partial charge on any atom is -0.328 e. The van der Waals surface area contributed by atoms with Crippen molar-refractivity contribution in [2.24, 2.45) is 11.7 Å². The predicted octanol–water partition coefficient (Wildman–Crippen LogP) is 1.85. The van der Waals surface area contributed by atoms with Crippen molar-refractivity contribution in [1.29, 1.82) is 0 Å². The number of rotatable bonds is 3. The molecule has 0 aromatic heterocycles. The van der Waals surface area contributed by atoms with Crippen LogP contribution in [0.2, 0.25) is 0 Å². The minimum atomic E-state index is -3.28. The van der Waals surface area contributed by atoms with Gasteiger partial charge >= 0.3 is 0 Å². The monoisotopic (exact) mass is 310 g/mol. The zero-order valence-corrected chi connectivity index (χ0v) is 13.2. The second kappa shape index (κ2) is 6.15. The van der Waals surface area contributed by atoms with Gasteiger partial charge in [-0.1, -0.05) is 12.5 Å². The van der Waals surface area contributed by atoms with Crippen LogP contribution >= 0.6 is 0 Å². The van der Waals surface area contributed by atoms with Gasteiger partial charge in [-0.15, -0.1) is 0 Å². The SMILES string of the molecule is Cc1ccc(S(C)(=O)=O)cc1NC(=O)C1CCCC(N)C1. The zero-order valence-electron chi connectivity index (χ0n) is 12.4. The fourth-order valence-electron chi connectivity index (χ4n) is 2.67. The molecule has 2 atom stereocenters. The van der Waals surface area contributed by atoms with Crippen molar-refractivity contribution in [2.75, 3.05) is 11.6 Å². The van der Waals surface area contributed by atoms with E-state index in [4.69, 9.17) is 5.73 Å². The highest BCUT2D eigenvalue weighted by Crippen LogP contribution is 2.26. The Morgan fingerprint density at radius 2 is 2.05 bits per heavy atom. The van der Waals surface area contributed by atoms with Crippen LogP contribution in [-0.4, -0.2) is 26.6 Å². The van der Waals surface area contributed by atoms with E-state index in [1.54, 1.807) is 12.1 Å². The zero-order chi connectivity index (χ0) is 15.6. The second-order valence-corrected chi connectivity index (χ2v) is 7.88. The van der Waals surface area contributed by atoms with Crippen molar-refractivity contribution >= 4 is 21.4 Å². The third kappa shape index (κ3) is 4.04. The van der Waals surface area contributed by atoms with Crippen LogP contribution in [0.1, 0.15) is 31.2 Å². The number of benzene rings is 1. The van der Waals surface area contributed by atoms with Crippen molar-refractivity contribution in [1.82, 2.24) is 0 Å². The summed E-state index contributed by atoms with van der Waals surface area (Å²) >= 11 is 0. The molecule has 0 heterocycles. The molecule has 1 fully saturated rings. The Morgan fingerprint density at radius 3 is 2.67 bits per heavy atom. The van der Waals surface area contributed by atoms with Crippen LogP contribution in [0.3, 0.4) is 0 Å². The molecule has 1 amide bonds. The second-order valence-electron chi connectivity index (χ2n) is 5.86. The molecule has 1 aliphatic carbocycles. The Bertz CT molecular complexity index is 640.